The fraction of sp³-hybridized carbons (Fsp3) is 0.190. The number of nitrogens with one attached hydrogen (secondary N) is 2. The van der Waals surface area contributed by atoms with Gasteiger partial charge in [0.15, 0.2) is 11.0 Å². The van der Waals surface area contributed by atoms with Crippen LogP contribution in [0.25, 0.3) is 0 Å². The van der Waals surface area contributed by atoms with Gasteiger partial charge in [-0.3, -0.25) is 14.4 Å². The van der Waals surface area contributed by atoms with E-state index >= 15 is 0 Å². The zero-order valence-corrected chi connectivity index (χ0v) is 16.8. The van der Waals surface area contributed by atoms with Crippen molar-refractivity contribution < 1.29 is 14.4 Å². The molecule has 29 heavy (non-hydrogen) atoms. The van der Waals surface area contributed by atoms with Gasteiger partial charge in [-0.05, 0) is 31.5 Å². The number of nitrogens with zero attached hydrogens (tertiary/aromatic N) is 2. The molecule has 8 heteroatoms. The highest BCUT2D eigenvalue weighted by atomic mass is 32.2. The van der Waals surface area contributed by atoms with Crippen LogP contribution < -0.4 is 10.6 Å². The van der Waals surface area contributed by atoms with Crippen LogP contribution in [0, 0.1) is 0 Å². The maximum Gasteiger partial charge on any atom is 0.240 e. The molecule has 1 aliphatic heterocycles. The van der Waals surface area contributed by atoms with Crippen LogP contribution in [-0.2, 0) is 9.59 Å². The van der Waals surface area contributed by atoms with Crippen LogP contribution in [-0.4, -0.2) is 33.7 Å². The van der Waals surface area contributed by atoms with E-state index in [-0.39, 0.29) is 24.0 Å². The lowest BCUT2D eigenvalue weighted by atomic mass is 10.1. The average Bonchev–Trinajstić information content (AvgIpc) is 3.06. The second kappa shape index (κ2) is 9.29. The van der Waals surface area contributed by atoms with E-state index in [9.17, 15) is 14.4 Å². The van der Waals surface area contributed by atoms with E-state index in [1.807, 2.05) is 37.3 Å². The van der Waals surface area contributed by atoms with E-state index in [0.717, 1.165) is 11.3 Å². The normalized spacial score (nSPS) is 17.9. The van der Waals surface area contributed by atoms with E-state index in [1.54, 1.807) is 24.3 Å². The molecule has 0 aromatic heterocycles. The minimum atomic E-state index is -0.586. The smallest absolute Gasteiger partial charge is 0.240 e. The molecule has 1 heterocycles. The fourth-order valence-electron chi connectivity index (χ4n) is 2.64. The van der Waals surface area contributed by atoms with Crippen LogP contribution in [0.1, 0.15) is 36.2 Å². The molecule has 1 saturated heterocycles. The number of benzene rings is 2. The standard InChI is InChI=1S/C21H20N4O3S/c1-13(15-7-4-3-5-8-15)24-25-21-23-20(28)18(29-21)12-19(27)22-17-10-6-9-16(11-17)14(2)26/h3-11,18H,12H2,1-2H3,(H,22,27)(H,23,25,28)/b24-13-/t18-/m1/s1. The Morgan fingerprint density at radius 3 is 2.52 bits per heavy atom. The van der Waals surface area contributed by atoms with Gasteiger partial charge in [0.05, 0.1) is 5.71 Å². The first kappa shape index (κ1) is 20.5. The van der Waals surface area contributed by atoms with Crippen LogP contribution >= 0.6 is 11.8 Å². The summed E-state index contributed by atoms with van der Waals surface area (Å²) in [5.74, 6) is -0.684. The zero-order valence-electron chi connectivity index (χ0n) is 16.0. The van der Waals surface area contributed by atoms with Crippen molar-refractivity contribution in [2.24, 2.45) is 10.2 Å². The van der Waals surface area contributed by atoms with Crippen molar-refractivity contribution in [2.45, 2.75) is 25.5 Å². The van der Waals surface area contributed by atoms with E-state index < -0.39 is 5.25 Å². The number of carbonyl (C=O) groups excluding carboxylic acids is 3. The summed E-state index contributed by atoms with van der Waals surface area (Å²) >= 11 is 1.17. The maximum absolute atomic E-state index is 12.3. The first-order valence-electron chi connectivity index (χ1n) is 8.98. The largest absolute Gasteiger partial charge is 0.326 e. The lowest BCUT2D eigenvalue weighted by Crippen LogP contribution is -2.28. The Morgan fingerprint density at radius 2 is 1.79 bits per heavy atom. The predicted molar refractivity (Wildman–Crippen MR) is 115 cm³/mol. The summed E-state index contributed by atoms with van der Waals surface area (Å²) < 4.78 is 0. The van der Waals surface area contributed by atoms with Crippen LogP contribution in [0.3, 0.4) is 0 Å². The van der Waals surface area contributed by atoms with Crippen molar-refractivity contribution in [3.05, 3.63) is 65.7 Å². The first-order chi connectivity index (χ1) is 13.9. The predicted octanol–water partition coefficient (Wildman–Crippen LogP) is 3.23. The van der Waals surface area contributed by atoms with Gasteiger partial charge in [-0.25, -0.2) is 0 Å². The number of rotatable bonds is 6. The number of hydrogen-bond acceptors (Lipinski definition) is 6. The molecule has 148 valence electrons. The Balaban J connectivity index is 1.60. The van der Waals surface area contributed by atoms with Crippen molar-refractivity contribution in [2.75, 3.05) is 5.32 Å². The average molecular weight is 408 g/mol. The summed E-state index contributed by atoms with van der Waals surface area (Å²) in [4.78, 5) is 35.9. The summed E-state index contributed by atoms with van der Waals surface area (Å²) in [5, 5.41) is 13.4. The molecular formula is C21H20N4O3S. The molecule has 0 radical (unpaired) electrons. The molecule has 3 rings (SSSR count). The molecule has 1 aliphatic rings. The van der Waals surface area contributed by atoms with Crippen LogP contribution in [0.5, 0.6) is 0 Å². The van der Waals surface area contributed by atoms with Crippen molar-refractivity contribution in [1.29, 1.82) is 0 Å². The van der Waals surface area contributed by atoms with Gasteiger partial charge in [-0.1, -0.05) is 54.2 Å². The van der Waals surface area contributed by atoms with Crippen molar-refractivity contribution >= 4 is 45.9 Å². The number of amidine groups is 1. The second-order valence-corrected chi connectivity index (χ2v) is 7.63. The van der Waals surface area contributed by atoms with Gasteiger partial charge in [0, 0.05) is 17.7 Å². The number of anilines is 1. The molecule has 0 aliphatic carbocycles. The molecule has 7 nitrogen and oxygen atoms in total. The maximum atomic E-state index is 12.3. The van der Waals surface area contributed by atoms with Gasteiger partial charge in [0.1, 0.15) is 5.25 Å². The van der Waals surface area contributed by atoms with E-state index in [4.69, 9.17) is 0 Å². The highest BCUT2D eigenvalue weighted by Gasteiger charge is 2.32. The summed E-state index contributed by atoms with van der Waals surface area (Å²) in [6.07, 6.45) is -0.0127. The molecule has 0 saturated carbocycles. The number of amides is 2. The highest BCUT2D eigenvalue weighted by molar-refractivity contribution is 8.15. The molecule has 0 spiro atoms. The number of thioether (sulfide) groups is 1. The Morgan fingerprint density at radius 1 is 1.07 bits per heavy atom. The highest BCUT2D eigenvalue weighted by Crippen LogP contribution is 2.23. The third kappa shape index (κ3) is 5.61. The lowest BCUT2D eigenvalue weighted by Gasteiger charge is -2.08. The van der Waals surface area contributed by atoms with Gasteiger partial charge in [0.2, 0.25) is 11.8 Å². The van der Waals surface area contributed by atoms with Crippen molar-refractivity contribution in [3.63, 3.8) is 0 Å². The molecule has 2 aromatic carbocycles. The van der Waals surface area contributed by atoms with Gasteiger partial charge in [-0.2, -0.15) is 5.10 Å². The minimum Gasteiger partial charge on any atom is -0.326 e. The third-order valence-corrected chi connectivity index (χ3v) is 5.25. The SMILES string of the molecule is CC(=O)c1cccc(NC(=O)C[C@H]2S/C(=N/N=C(/C)c3ccccc3)NC2=O)c1. The van der Waals surface area contributed by atoms with Gasteiger partial charge >= 0.3 is 0 Å². The minimum absolute atomic E-state index is 0.0127. The van der Waals surface area contributed by atoms with Gasteiger partial charge in [-0.15, -0.1) is 5.10 Å². The third-order valence-electron chi connectivity index (χ3n) is 4.18. The molecule has 2 N–H and O–H groups in total. The topological polar surface area (TPSA) is 100.0 Å². The van der Waals surface area contributed by atoms with Crippen LogP contribution in [0.15, 0.2) is 64.8 Å². The molecule has 0 bridgehead atoms. The summed E-state index contributed by atoms with van der Waals surface area (Å²) in [7, 11) is 0. The Labute approximate surface area is 172 Å². The monoisotopic (exact) mass is 408 g/mol. The molecule has 1 fully saturated rings. The van der Waals surface area contributed by atoms with Crippen LogP contribution in [0.2, 0.25) is 0 Å². The Bertz CT molecular complexity index is 1000. The van der Waals surface area contributed by atoms with Crippen LogP contribution in [0.4, 0.5) is 5.69 Å². The molecule has 2 aromatic rings. The second-order valence-electron chi connectivity index (χ2n) is 6.44. The number of Topliss-reactive ketones (excluding diaryl/α,β-unsaturated/α-hetero) is 1. The summed E-state index contributed by atoms with van der Waals surface area (Å²) in [6.45, 7) is 3.30. The van der Waals surface area contributed by atoms with Crippen molar-refractivity contribution in [3.8, 4) is 0 Å². The summed E-state index contributed by atoms with van der Waals surface area (Å²) in [5.41, 5.74) is 2.69. The number of carbonyl (C=O) groups is 3. The quantitative estimate of drug-likeness (QED) is 0.435. The Kier molecular flexibility index (Phi) is 6.56. The number of hydrogen-bond donors (Lipinski definition) is 2. The van der Waals surface area contributed by atoms with Gasteiger partial charge in [0.25, 0.3) is 0 Å². The fourth-order valence-corrected chi connectivity index (χ4v) is 3.56. The van der Waals surface area contributed by atoms with E-state index in [2.05, 4.69) is 20.8 Å². The zero-order chi connectivity index (χ0) is 20.8. The lowest BCUT2D eigenvalue weighted by molar-refractivity contribution is -0.122. The Hall–Kier alpha value is -3.26. The molecule has 0 unspecified atom stereocenters. The van der Waals surface area contributed by atoms with E-state index in [0.29, 0.717) is 16.4 Å². The molecular weight excluding hydrogens is 388 g/mol. The summed E-state index contributed by atoms with van der Waals surface area (Å²) in [6, 6.07) is 16.3. The number of ketones is 1. The van der Waals surface area contributed by atoms with Gasteiger partial charge < -0.3 is 10.6 Å². The first-order valence-corrected chi connectivity index (χ1v) is 9.86. The molecule has 2 amide bonds. The molecule has 1 atom stereocenters. The van der Waals surface area contributed by atoms with E-state index in [1.165, 1.54) is 18.7 Å². The van der Waals surface area contributed by atoms with Crippen molar-refractivity contribution in [1.82, 2.24) is 5.32 Å².